The van der Waals surface area contributed by atoms with Gasteiger partial charge in [0.1, 0.15) is 12.6 Å². The van der Waals surface area contributed by atoms with Crippen LogP contribution in [0.1, 0.15) is 24.1 Å². The van der Waals surface area contributed by atoms with Crippen LogP contribution in [-0.4, -0.2) is 19.5 Å². The maximum atomic E-state index is 12.1. The quantitative estimate of drug-likeness (QED) is 0.797. The van der Waals surface area contributed by atoms with E-state index in [4.69, 9.17) is 5.26 Å². The predicted molar refractivity (Wildman–Crippen MR) is 65.6 cm³/mol. The summed E-state index contributed by atoms with van der Waals surface area (Å²) in [6.45, 7) is 2.19. The molecule has 17 heavy (non-hydrogen) atoms. The lowest BCUT2D eigenvalue weighted by molar-refractivity contribution is -0.119. The van der Waals surface area contributed by atoms with Crippen molar-refractivity contribution in [3.8, 4) is 6.07 Å². The van der Waals surface area contributed by atoms with Crippen molar-refractivity contribution in [2.24, 2.45) is 0 Å². The maximum absolute atomic E-state index is 12.1. The zero-order valence-electron chi connectivity index (χ0n) is 10.0. The first-order valence-corrected chi connectivity index (χ1v) is 5.71. The van der Waals surface area contributed by atoms with E-state index in [0.717, 1.165) is 17.7 Å². The third-order valence-corrected chi connectivity index (χ3v) is 3.13. The molecular formula is C13H15N3O. The predicted octanol–water partition coefficient (Wildman–Crippen LogP) is 1.38. The molecule has 0 aliphatic carbocycles. The topological polar surface area (TPSA) is 56.1 Å². The van der Waals surface area contributed by atoms with Gasteiger partial charge in [0.2, 0.25) is 5.91 Å². The van der Waals surface area contributed by atoms with E-state index < -0.39 is 0 Å². The smallest absolute Gasteiger partial charge is 0.249 e. The number of hydrogen-bond acceptors (Lipinski definition) is 3. The zero-order chi connectivity index (χ0) is 12.4. The number of fused-ring (bicyclic) bond motifs is 1. The molecule has 1 aromatic carbocycles. The molecule has 1 amide bonds. The second-order valence-electron chi connectivity index (χ2n) is 4.05. The van der Waals surface area contributed by atoms with E-state index in [1.54, 1.807) is 7.05 Å². The summed E-state index contributed by atoms with van der Waals surface area (Å²) in [6.07, 6.45) is 0.941. The van der Waals surface area contributed by atoms with Crippen molar-refractivity contribution < 1.29 is 4.79 Å². The fourth-order valence-corrected chi connectivity index (χ4v) is 2.22. The Bertz CT molecular complexity index is 490. The molecule has 0 fully saturated rings. The van der Waals surface area contributed by atoms with Gasteiger partial charge in [-0.1, -0.05) is 19.1 Å². The van der Waals surface area contributed by atoms with Crippen molar-refractivity contribution in [3.63, 3.8) is 0 Å². The number of aryl methyl sites for hydroxylation is 1. The summed E-state index contributed by atoms with van der Waals surface area (Å²) in [6, 6.07) is 7.70. The Kier molecular flexibility index (Phi) is 3.12. The van der Waals surface area contributed by atoms with E-state index in [1.165, 1.54) is 10.5 Å². The van der Waals surface area contributed by atoms with Crippen LogP contribution in [0.2, 0.25) is 0 Å². The Morgan fingerprint density at radius 2 is 2.29 bits per heavy atom. The normalized spacial score (nSPS) is 18.1. The second kappa shape index (κ2) is 4.56. The number of hydrogen-bond donors (Lipinski definition) is 1. The van der Waals surface area contributed by atoms with Gasteiger partial charge >= 0.3 is 0 Å². The van der Waals surface area contributed by atoms with Crippen LogP contribution in [0.25, 0.3) is 0 Å². The van der Waals surface area contributed by atoms with E-state index >= 15 is 0 Å². The molecule has 1 aliphatic heterocycles. The summed E-state index contributed by atoms with van der Waals surface area (Å²) in [5.74, 6) is -0.0442. The van der Waals surface area contributed by atoms with E-state index in [1.807, 2.05) is 24.3 Å². The number of nitrogens with zero attached hydrogens (tertiary/aromatic N) is 2. The number of carbonyl (C=O) groups is 1. The molecule has 1 N–H and O–H groups in total. The Morgan fingerprint density at radius 1 is 1.53 bits per heavy atom. The average Bonchev–Trinajstić information content (AvgIpc) is 2.62. The lowest BCUT2D eigenvalue weighted by Crippen LogP contribution is -2.33. The van der Waals surface area contributed by atoms with Gasteiger partial charge in [-0.15, -0.1) is 0 Å². The summed E-state index contributed by atoms with van der Waals surface area (Å²) in [4.78, 5) is 13.6. The third-order valence-electron chi connectivity index (χ3n) is 3.13. The van der Waals surface area contributed by atoms with E-state index in [9.17, 15) is 4.79 Å². The minimum Gasteiger partial charge on any atom is -0.305 e. The number of rotatable bonds is 3. The summed E-state index contributed by atoms with van der Waals surface area (Å²) < 4.78 is 0. The first-order valence-electron chi connectivity index (χ1n) is 5.71. The van der Waals surface area contributed by atoms with Crippen molar-refractivity contribution in [2.75, 3.05) is 18.5 Å². The molecule has 1 unspecified atom stereocenters. The Morgan fingerprint density at radius 3 is 2.88 bits per heavy atom. The van der Waals surface area contributed by atoms with Crippen molar-refractivity contribution in [3.05, 3.63) is 29.3 Å². The lowest BCUT2D eigenvalue weighted by Gasteiger charge is -2.13. The molecule has 0 radical (unpaired) electrons. The summed E-state index contributed by atoms with van der Waals surface area (Å²) in [5, 5.41) is 11.8. The van der Waals surface area contributed by atoms with Crippen LogP contribution in [0.3, 0.4) is 0 Å². The highest BCUT2D eigenvalue weighted by atomic mass is 16.2. The van der Waals surface area contributed by atoms with Gasteiger partial charge in [-0.3, -0.25) is 9.69 Å². The SMILES string of the molecule is CCc1ccc2c(c1)C(NC)C(=O)N2CC#N. The molecule has 2 rings (SSSR count). The van der Waals surface area contributed by atoms with Gasteiger partial charge in [0.05, 0.1) is 11.8 Å². The highest BCUT2D eigenvalue weighted by molar-refractivity contribution is 6.05. The van der Waals surface area contributed by atoms with Gasteiger partial charge in [0.25, 0.3) is 0 Å². The standard InChI is InChI=1S/C13H15N3O/c1-3-9-4-5-11-10(8-9)12(15-2)13(17)16(11)7-6-14/h4-5,8,12,15H,3,7H2,1-2H3. The number of carbonyl (C=O) groups excluding carboxylic acids is 1. The summed E-state index contributed by atoms with van der Waals surface area (Å²) in [5.41, 5.74) is 3.04. The maximum Gasteiger partial charge on any atom is 0.249 e. The van der Waals surface area contributed by atoms with E-state index in [-0.39, 0.29) is 18.5 Å². The average molecular weight is 229 g/mol. The van der Waals surface area contributed by atoms with Crippen molar-refractivity contribution in [2.45, 2.75) is 19.4 Å². The van der Waals surface area contributed by atoms with E-state index in [0.29, 0.717) is 0 Å². The number of nitriles is 1. The molecule has 1 aliphatic rings. The minimum absolute atomic E-state index is 0.0442. The number of amides is 1. The van der Waals surface area contributed by atoms with Crippen LogP contribution in [0, 0.1) is 11.3 Å². The summed E-state index contributed by atoms with van der Waals surface area (Å²) in [7, 11) is 1.76. The number of anilines is 1. The second-order valence-corrected chi connectivity index (χ2v) is 4.05. The molecule has 1 aromatic rings. The minimum atomic E-state index is -0.315. The molecule has 0 saturated carbocycles. The monoisotopic (exact) mass is 229 g/mol. The molecule has 0 aromatic heterocycles. The van der Waals surface area contributed by atoms with Gasteiger partial charge in [-0.25, -0.2) is 0 Å². The van der Waals surface area contributed by atoms with Gasteiger partial charge in [0, 0.05) is 5.56 Å². The molecule has 0 bridgehead atoms. The van der Waals surface area contributed by atoms with Crippen LogP contribution in [-0.2, 0) is 11.2 Å². The third kappa shape index (κ3) is 1.79. The summed E-state index contributed by atoms with van der Waals surface area (Å²) >= 11 is 0. The Labute approximate surface area is 101 Å². The van der Waals surface area contributed by atoms with Crippen LogP contribution in [0.5, 0.6) is 0 Å². The molecule has 4 nitrogen and oxygen atoms in total. The molecule has 4 heteroatoms. The fraction of sp³-hybridized carbons (Fsp3) is 0.385. The molecule has 1 atom stereocenters. The first-order chi connectivity index (χ1) is 8.22. The Balaban J connectivity index is 2.49. The molecule has 0 saturated heterocycles. The fourth-order valence-electron chi connectivity index (χ4n) is 2.22. The number of likely N-dealkylation sites (N-methyl/N-ethyl adjacent to an activating group) is 1. The van der Waals surface area contributed by atoms with Gasteiger partial charge in [-0.2, -0.15) is 5.26 Å². The van der Waals surface area contributed by atoms with Gasteiger partial charge in [0.15, 0.2) is 0 Å². The Hall–Kier alpha value is -1.86. The van der Waals surface area contributed by atoms with Crippen LogP contribution >= 0.6 is 0 Å². The number of benzene rings is 1. The number of nitrogens with one attached hydrogen (secondary N) is 1. The molecular weight excluding hydrogens is 214 g/mol. The lowest BCUT2D eigenvalue weighted by atomic mass is 10.0. The zero-order valence-corrected chi connectivity index (χ0v) is 10.0. The largest absolute Gasteiger partial charge is 0.305 e. The first kappa shape index (κ1) is 11.6. The van der Waals surface area contributed by atoms with Crippen molar-refractivity contribution in [1.82, 2.24) is 5.32 Å². The molecule has 0 spiro atoms. The van der Waals surface area contributed by atoms with Gasteiger partial charge < -0.3 is 5.32 Å². The highest BCUT2D eigenvalue weighted by Crippen LogP contribution is 2.36. The molecule has 88 valence electrons. The van der Waals surface area contributed by atoms with Gasteiger partial charge in [-0.05, 0) is 25.1 Å². The van der Waals surface area contributed by atoms with E-state index in [2.05, 4.69) is 12.2 Å². The van der Waals surface area contributed by atoms with Crippen LogP contribution < -0.4 is 10.2 Å². The van der Waals surface area contributed by atoms with Crippen LogP contribution in [0.15, 0.2) is 18.2 Å². The van der Waals surface area contributed by atoms with Crippen molar-refractivity contribution >= 4 is 11.6 Å². The highest BCUT2D eigenvalue weighted by Gasteiger charge is 2.36. The van der Waals surface area contributed by atoms with Crippen molar-refractivity contribution in [1.29, 1.82) is 5.26 Å². The molecule has 1 heterocycles. The van der Waals surface area contributed by atoms with Crippen LogP contribution in [0.4, 0.5) is 5.69 Å².